The van der Waals surface area contributed by atoms with Crippen LogP contribution in [0.3, 0.4) is 0 Å². The minimum Gasteiger partial charge on any atom is -0.395 e. The summed E-state index contributed by atoms with van der Waals surface area (Å²) in [5.41, 5.74) is 2.52. The van der Waals surface area contributed by atoms with E-state index in [1.165, 1.54) is 0 Å². The number of rotatable bonds is 6. The Hall–Kier alpha value is -1.83. The molecule has 1 aromatic rings. The second-order valence-electron chi connectivity index (χ2n) is 4.96. The summed E-state index contributed by atoms with van der Waals surface area (Å²) in [7, 11) is 2.02. The van der Waals surface area contributed by atoms with E-state index in [0.717, 1.165) is 24.2 Å². The molecule has 4 heteroatoms. The van der Waals surface area contributed by atoms with Crippen LogP contribution >= 0.6 is 0 Å². The fourth-order valence-corrected chi connectivity index (χ4v) is 1.78. The number of likely N-dealkylation sites (N-methyl/N-ethyl adjacent to an activating group) is 1. The smallest absolute Gasteiger partial charge is 0.251 e. The van der Waals surface area contributed by atoms with Crippen molar-refractivity contribution in [1.29, 1.82) is 0 Å². The van der Waals surface area contributed by atoms with Crippen LogP contribution < -0.4 is 5.32 Å². The van der Waals surface area contributed by atoms with E-state index in [9.17, 15) is 4.79 Å². The number of aliphatic hydroxyl groups is 1. The van der Waals surface area contributed by atoms with Gasteiger partial charge in [-0.25, -0.2) is 0 Å². The first-order chi connectivity index (χ1) is 10.1. The van der Waals surface area contributed by atoms with Crippen molar-refractivity contribution in [3.05, 3.63) is 34.9 Å². The van der Waals surface area contributed by atoms with Crippen molar-refractivity contribution in [3.63, 3.8) is 0 Å². The van der Waals surface area contributed by atoms with Crippen LogP contribution in [-0.2, 0) is 0 Å². The van der Waals surface area contributed by atoms with Gasteiger partial charge in [0.2, 0.25) is 0 Å². The largest absolute Gasteiger partial charge is 0.395 e. The van der Waals surface area contributed by atoms with Gasteiger partial charge in [-0.05, 0) is 44.3 Å². The average Bonchev–Trinajstić information content (AvgIpc) is 2.48. The number of aryl methyl sites for hydroxylation is 1. The maximum atomic E-state index is 12.0. The molecule has 1 rings (SSSR count). The Morgan fingerprint density at radius 3 is 2.81 bits per heavy atom. The Labute approximate surface area is 127 Å². The topological polar surface area (TPSA) is 52.6 Å². The zero-order chi connectivity index (χ0) is 15.7. The van der Waals surface area contributed by atoms with Crippen molar-refractivity contribution < 1.29 is 9.90 Å². The van der Waals surface area contributed by atoms with Gasteiger partial charge in [0.05, 0.1) is 6.61 Å². The molecule has 0 aromatic heterocycles. The third kappa shape index (κ3) is 5.99. The second-order valence-corrected chi connectivity index (χ2v) is 4.96. The molecule has 0 fully saturated rings. The van der Waals surface area contributed by atoms with E-state index in [-0.39, 0.29) is 12.5 Å². The van der Waals surface area contributed by atoms with Crippen molar-refractivity contribution >= 4 is 5.91 Å². The van der Waals surface area contributed by atoms with Gasteiger partial charge in [-0.2, -0.15) is 0 Å². The van der Waals surface area contributed by atoms with E-state index in [0.29, 0.717) is 18.5 Å². The predicted octanol–water partition coefficient (Wildman–Crippen LogP) is 1.41. The summed E-state index contributed by atoms with van der Waals surface area (Å²) in [6.07, 6.45) is 0.465. The van der Waals surface area contributed by atoms with Crippen molar-refractivity contribution in [2.75, 3.05) is 33.3 Å². The van der Waals surface area contributed by atoms with Crippen molar-refractivity contribution in [1.82, 2.24) is 10.2 Å². The molecule has 0 spiro atoms. The van der Waals surface area contributed by atoms with E-state index in [4.69, 9.17) is 5.11 Å². The number of aliphatic hydroxyl groups excluding tert-OH is 1. The predicted molar refractivity (Wildman–Crippen MR) is 85.3 cm³/mol. The zero-order valence-electron chi connectivity index (χ0n) is 13.1. The summed E-state index contributed by atoms with van der Waals surface area (Å²) < 4.78 is 0. The van der Waals surface area contributed by atoms with Gasteiger partial charge in [0.15, 0.2) is 0 Å². The standard InChI is InChI=1S/C17H24N2O2/c1-4-19(3)11-10-18-17(21)16-9-8-15(14(2)13-16)7-5-6-12-20/h8-9,13,20H,4,6,10-12H2,1-3H3,(H,18,21). The van der Waals surface area contributed by atoms with Gasteiger partial charge >= 0.3 is 0 Å². The normalized spacial score (nSPS) is 10.1. The summed E-state index contributed by atoms with van der Waals surface area (Å²) in [5, 5.41) is 11.6. The van der Waals surface area contributed by atoms with Gasteiger partial charge in [-0.3, -0.25) is 4.79 Å². The van der Waals surface area contributed by atoms with E-state index in [1.807, 2.05) is 26.1 Å². The van der Waals surface area contributed by atoms with Gasteiger partial charge in [-0.15, -0.1) is 0 Å². The molecule has 114 valence electrons. The molecular weight excluding hydrogens is 264 g/mol. The van der Waals surface area contributed by atoms with E-state index in [1.54, 1.807) is 6.07 Å². The van der Waals surface area contributed by atoms with Crippen molar-refractivity contribution in [2.45, 2.75) is 20.3 Å². The first-order valence-electron chi connectivity index (χ1n) is 7.25. The zero-order valence-corrected chi connectivity index (χ0v) is 13.1. The third-order valence-corrected chi connectivity index (χ3v) is 3.27. The highest BCUT2D eigenvalue weighted by atomic mass is 16.2. The lowest BCUT2D eigenvalue weighted by atomic mass is 10.0. The number of hydrogen-bond donors (Lipinski definition) is 2. The minimum atomic E-state index is -0.0579. The molecule has 0 bridgehead atoms. The lowest BCUT2D eigenvalue weighted by Crippen LogP contribution is -2.32. The van der Waals surface area contributed by atoms with Crippen LogP contribution in [0.15, 0.2) is 18.2 Å². The summed E-state index contributed by atoms with van der Waals surface area (Å²) in [6, 6.07) is 5.49. The molecule has 1 aromatic carbocycles. The van der Waals surface area contributed by atoms with Crippen LogP contribution in [0.1, 0.15) is 34.8 Å². The molecule has 0 unspecified atom stereocenters. The van der Waals surface area contributed by atoms with Gasteiger partial charge in [0.25, 0.3) is 5.91 Å². The van der Waals surface area contributed by atoms with Crippen LogP contribution in [-0.4, -0.2) is 49.2 Å². The average molecular weight is 288 g/mol. The molecule has 0 atom stereocenters. The Morgan fingerprint density at radius 1 is 1.43 bits per heavy atom. The maximum absolute atomic E-state index is 12.0. The Morgan fingerprint density at radius 2 is 2.19 bits per heavy atom. The highest BCUT2D eigenvalue weighted by Crippen LogP contribution is 2.10. The molecular formula is C17H24N2O2. The first-order valence-corrected chi connectivity index (χ1v) is 7.25. The summed E-state index contributed by atoms with van der Waals surface area (Å²) >= 11 is 0. The highest BCUT2D eigenvalue weighted by molar-refractivity contribution is 5.94. The maximum Gasteiger partial charge on any atom is 0.251 e. The van der Waals surface area contributed by atoms with Crippen LogP contribution in [0.2, 0.25) is 0 Å². The number of amides is 1. The van der Waals surface area contributed by atoms with Crippen LogP contribution in [0.25, 0.3) is 0 Å². The quantitative estimate of drug-likeness (QED) is 0.778. The van der Waals surface area contributed by atoms with Gasteiger partial charge < -0.3 is 15.3 Å². The molecule has 0 saturated heterocycles. The lowest BCUT2D eigenvalue weighted by molar-refractivity contribution is 0.0950. The SMILES string of the molecule is CCN(C)CCNC(=O)c1ccc(C#CCCO)c(C)c1. The Balaban J connectivity index is 2.62. The van der Waals surface area contributed by atoms with Gasteiger partial charge in [-0.1, -0.05) is 18.8 Å². The number of carbonyl (C=O) groups excluding carboxylic acids is 1. The fraction of sp³-hybridized carbons (Fsp3) is 0.471. The van der Waals surface area contributed by atoms with Crippen LogP contribution in [0.5, 0.6) is 0 Å². The Kier molecular flexibility index (Phi) is 7.52. The lowest BCUT2D eigenvalue weighted by Gasteiger charge is -2.14. The van der Waals surface area contributed by atoms with E-state index < -0.39 is 0 Å². The minimum absolute atomic E-state index is 0.0579. The van der Waals surface area contributed by atoms with Gasteiger partial charge in [0, 0.05) is 30.6 Å². The summed E-state index contributed by atoms with van der Waals surface area (Å²) in [4.78, 5) is 14.2. The molecule has 2 N–H and O–H groups in total. The molecule has 0 aliphatic rings. The number of hydrogen-bond acceptors (Lipinski definition) is 3. The highest BCUT2D eigenvalue weighted by Gasteiger charge is 2.06. The van der Waals surface area contributed by atoms with E-state index in [2.05, 4.69) is 29.0 Å². The van der Waals surface area contributed by atoms with E-state index >= 15 is 0 Å². The molecule has 21 heavy (non-hydrogen) atoms. The van der Waals surface area contributed by atoms with Crippen molar-refractivity contribution in [3.8, 4) is 11.8 Å². The Bertz CT molecular complexity index is 529. The number of carbonyl (C=O) groups is 1. The number of benzene rings is 1. The monoisotopic (exact) mass is 288 g/mol. The molecule has 0 radical (unpaired) electrons. The summed E-state index contributed by atoms with van der Waals surface area (Å²) in [6.45, 7) is 6.54. The summed E-state index contributed by atoms with van der Waals surface area (Å²) in [5.74, 6) is 5.83. The second kappa shape index (κ2) is 9.17. The number of nitrogens with zero attached hydrogens (tertiary/aromatic N) is 1. The molecule has 0 aliphatic heterocycles. The number of nitrogens with one attached hydrogen (secondary N) is 1. The molecule has 0 heterocycles. The third-order valence-electron chi connectivity index (χ3n) is 3.27. The molecule has 0 saturated carbocycles. The van der Waals surface area contributed by atoms with Crippen molar-refractivity contribution in [2.24, 2.45) is 0 Å². The molecule has 4 nitrogen and oxygen atoms in total. The van der Waals surface area contributed by atoms with Gasteiger partial charge in [0.1, 0.15) is 0 Å². The fourth-order valence-electron chi connectivity index (χ4n) is 1.78. The molecule has 1 amide bonds. The van der Waals surface area contributed by atoms with Crippen LogP contribution in [0, 0.1) is 18.8 Å². The first kappa shape index (κ1) is 17.2. The molecule has 0 aliphatic carbocycles. The van der Waals surface area contributed by atoms with Crippen LogP contribution in [0.4, 0.5) is 0 Å².